The summed E-state index contributed by atoms with van der Waals surface area (Å²) >= 11 is 17.8. The number of amides is 1. The number of carbonyl (C=O) groups excluding carboxylic acids is 1. The van der Waals surface area contributed by atoms with E-state index >= 15 is 0 Å². The number of halogens is 3. The summed E-state index contributed by atoms with van der Waals surface area (Å²) in [4.78, 5) is 11.9. The van der Waals surface area contributed by atoms with Crippen molar-refractivity contribution >= 4 is 40.7 Å². The van der Waals surface area contributed by atoms with Crippen LogP contribution in [0.2, 0.25) is 15.1 Å². The molecule has 1 heterocycles. The third kappa shape index (κ3) is 4.92. The van der Waals surface area contributed by atoms with Crippen LogP contribution >= 0.6 is 34.8 Å². The minimum absolute atomic E-state index is 0.00778. The highest BCUT2D eigenvalue weighted by Crippen LogP contribution is 2.35. The molecule has 0 aliphatic carbocycles. The standard InChI is InChI=1S/C14H16Cl3NO3/c15-10-6-11(16)13(12(17)7-10)21-5-3-18-14(19)9-2-1-4-20-8-9/h6-7,9H,1-5,8H2,(H,18,19)/t9-/m1/s1. The highest BCUT2D eigenvalue weighted by atomic mass is 35.5. The molecule has 0 unspecified atom stereocenters. The second-order valence-electron chi connectivity index (χ2n) is 4.75. The first-order valence-corrected chi connectivity index (χ1v) is 7.84. The van der Waals surface area contributed by atoms with Crippen LogP contribution in [0.5, 0.6) is 5.75 Å². The molecule has 0 radical (unpaired) electrons. The first-order chi connectivity index (χ1) is 10.1. The fraction of sp³-hybridized carbons (Fsp3) is 0.500. The molecule has 1 fully saturated rings. The highest BCUT2D eigenvalue weighted by Gasteiger charge is 2.21. The summed E-state index contributed by atoms with van der Waals surface area (Å²) in [5, 5.41) is 3.96. The molecule has 0 spiro atoms. The van der Waals surface area contributed by atoms with Crippen molar-refractivity contribution in [2.75, 3.05) is 26.4 Å². The maximum atomic E-state index is 11.9. The van der Waals surface area contributed by atoms with Crippen LogP contribution in [0.4, 0.5) is 0 Å². The predicted octanol–water partition coefficient (Wildman–Crippen LogP) is 3.57. The van der Waals surface area contributed by atoms with Gasteiger partial charge in [0.25, 0.3) is 0 Å². The van der Waals surface area contributed by atoms with Crippen LogP contribution in [0.25, 0.3) is 0 Å². The first kappa shape index (κ1) is 16.7. The van der Waals surface area contributed by atoms with E-state index in [-0.39, 0.29) is 18.4 Å². The normalized spacial score (nSPS) is 18.3. The molecule has 0 aromatic heterocycles. The van der Waals surface area contributed by atoms with Crippen molar-refractivity contribution in [3.05, 3.63) is 27.2 Å². The van der Waals surface area contributed by atoms with Gasteiger partial charge in [-0.05, 0) is 25.0 Å². The number of benzene rings is 1. The molecule has 21 heavy (non-hydrogen) atoms. The van der Waals surface area contributed by atoms with Gasteiger partial charge in [-0.1, -0.05) is 34.8 Å². The summed E-state index contributed by atoms with van der Waals surface area (Å²) in [6.07, 6.45) is 1.78. The molecular formula is C14H16Cl3NO3. The van der Waals surface area contributed by atoms with Crippen molar-refractivity contribution in [3.63, 3.8) is 0 Å². The second-order valence-corrected chi connectivity index (χ2v) is 6.00. The van der Waals surface area contributed by atoms with E-state index in [1.165, 1.54) is 0 Å². The van der Waals surface area contributed by atoms with Gasteiger partial charge in [-0.3, -0.25) is 4.79 Å². The molecule has 2 rings (SSSR count). The topological polar surface area (TPSA) is 47.6 Å². The molecular weight excluding hydrogens is 337 g/mol. The number of hydrogen-bond donors (Lipinski definition) is 1. The summed E-state index contributed by atoms with van der Waals surface area (Å²) in [6, 6.07) is 3.12. The van der Waals surface area contributed by atoms with Gasteiger partial charge in [0, 0.05) is 11.6 Å². The van der Waals surface area contributed by atoms with E-state index in [1.54, 1.807) is 12.1 Å². The van der Waals surface area contributed by atoms with Gasteiger partial charge in [-0.15, -0.1) is 0 Å². The molecule has 1 saturated heterocycles. The molecule has 4 nitrogen and oxygen atoms in total. The maximum absolute atomic E-state index is 11.9. The summed E-state index contributed by atoms with van der Waals surface area (Å²) in [5.74, 6) is 0.297. The van der Waals surface area contributed by atoms with E-state index in [0.29, 0.717) is 34.0 Å². The molecule has 1 aromatic carbocycles. The average Bonchev–Trinajstić information content (AvgIpc) is 2.46. The van der Waals surface area contributed by atoms with Gasteiger partial charge >= 0.3 is 0 Å². The van der Waals surface area contributed by atoms with Crippen molar-refractivity contribution in [3.8, 4) is 5.75 Å². The van der Waals surface area contributed by atoms with E-state index in [0.717, 1.165) is 19.4 Å². The number of rotatable bonds is 5. The highest BCUT2D eigenvalue weighted by molar-refractivity contribution is 6.40. The van der Waals surface area contributed by atoms with E-state index in [4.69, 9.17) is 44.3 Å². The number of nitrogens with one attached hydrogen (secondary N) is 1. The fourth-order valence-electron chi connectivity index (χ4n) is 2.09. The Morgan fingerprint density at radius 3 is 2.67 bits per heavy atom. The summed E-state index contributed by atoms with van der Waals surface area (Å²) in [7, 11) is 0. The van der Waals surface area contributed by atoms with E-state index < -0.39 is 0 Å². The van der Waals surface area contributed by atoms with E-state index in [2.05, 4.69) is 5.32 Å². The van der Waals surface area contributed by atoms with Gasteiger partial charge in [-0.25, -0.2) is 0 Å². The Hall–Kier alpha value is -0.680. The molecule has 116 valence electrons. The molecule has 0 bridgehead atoms. The zero-order valence-corrected chi connectivity index (χ0v) is 13.6. The third-order valence-electron chi connectivity index (χ3n) is 3.14. The van der Waals surface area contributed by atoms with Crippen LogP contribution in [0.3, 0.4) is 0 Å². The van der Waals surface area contributed by atoms with E-state index in [9.17, 15) is 4.79 Å². The smallest absolute Gasteiger partial charge is 0.225 e. The molecule has 1 aliphatic heterocycles. The molecule has 1 atom stereocenters. The van der Waals surface area contributed by atoms with Gasteiger partial charge in [0.1, 0.15) is 6.61 Å². The number of hydrogen-bond acceptors (Lipinski definition) is 3. The lowest BCUT2D eigenvalue weighted by Crippen LogP contribution is -2.37. The SMILES string of the molecule is O=C(NCCOc1c(Cl)cc(Cl)cc1Cl)[C@@H]1CCCOC1. The Kier molecular flexibility index (Phi) is 6.42. The Bertz CT molecular complexity index is 481. The lowest BCUT2D eigenvalue weighted by Gasteiger charge is -2.21. The van der Waals surface area contributed by atoms with Gasteiger partial charge in [-0.2, -0.15) is 0 Å². The van der Waals surface area contributed by atoms with Crippen molar-refractivity contribution in [1.82, 2.24) is 5.32 Å². The Balaban J connectivity index is 1.76. The van der Waals surface area contributed by atoms with Gasteiger partial charge in [0.15, 0.2) is 5.75 Å². The predicted molar refractivity (Wildman–Crippen MR) is 83.5 cm³/mol. The zero-order valence-electron chi connectivity index (χ0n) is 11.3. The van der Waals surface area contributed by atoms with Gasteiger partial charge in [0.2, 0.25) is 5.91 Å². The summed E-state index contributed by atoms with van der Waals surface area (Å²) < 4.78 is 10.8. The minimum Gasteiger partial charge on any atom is -0.489 e. The first-order valence-electron chi connectivity index (χ1n) is 6.70. The van der Waals surface area contributed by atoms with Crippen molar-refractivity contribution in [2.24, 2.45) is 5.92 Å². The maximum Gasteiger partial charge on any atom is 0.225 e. The second kappa shape index (κ2) is 8.08. The van der Waals surface area contributed by atoms with Crippen molar-refractivity contribution in [2.45, 2.75) is 12.8 Å². The van der Waals surface area contributed by atoms with Crippen LogP contribution in [-0.2, 0) is 9.53 Å². The van der Waals surface area contributed by atoms with Crippen LogP contribution in [0.1, 0.15) is 12.8 Å². The van der Waals surface area contributed by atoms with Crippen LogP contribution in [0, 0.1) is 5.92 Å². The molecule has 0 saturated carbocycles. The van der Waals surface area contributed by atoms with Gasteiger partial charge in [0.05, 0.1) is 29.1 Å². The van der Waals surface area contributed by atoms with Crippen LogP contribution < -0.4 is 10.1 Å². The monoisotopic (exact) mass is 351 g/mol. The van der Waals surface area contributed by atoms with Crippen molar-refractivity contribution in [1.29, 1.82) is 0 Å². The Morgan fingerprint density at radius 1 is 1.33 bits per heavy atom. The molecule has 1 amide bonds. The Labute approximate surface area is 138 Å². The zero-order chi connectivity index (χ0) is 15.2. The third-order valence-corrected chi connectivity index (χ3v) is 3.92. The Morgan fingerprint density at radius 2 is 2.05 bits per heavy atom. The average molecular weight is 353 g/mol. The van der Waals surface area contributed by atoms with Gasteiger partial charge < -0.3 is 14.8 Å². The molecule has 1 aromatic rings. The van der Waals surface area contributed by atoms with Crippen LogP contribution in [0.15, 0.2) is 12.1 Å². The van der Waals surface area contributed by atoms with Crippen molar-refractivity contribution < 1.29 is 14.3 Å². The molecule has 7 heteroatoms. The fourth-order valence-corrected chi connectivity index (χ4v) is 3.01. The minimum atomic E-state index is -0.0681. The van der Waals surface area contributed by atoms with Crippen LogP contribution in [-0.4, -0.2) is 32.3 Å². The summed E-state index contributed by atoms with van der Waals surface area (Å²) in [5.41, 5.74) is 0. The lowest BCUT2D eigenvalue weighted by atomic mass is 10.0. The molecule has 1 N–H and O–H groups in total. The quantitative estimate of drug-likeness (QED) is 0.824. The molecule has 1 aliphatic rings. The number of ether oxygens (including phenoxy) is 2. The summed E-state index contributed by atoms with van der Waals surface area (Å²) in [6.45, 7) is 1.88. The van der Waals surface area contributed by atoms with E-state index in [1.807, 2.05) is 0 Å². The number of carbonyl (C=O) groups is 1. The lowest BCUT2D eigenvalue weighted by molar-refractivity contribution is -0.129. The largest absolute Gasteiger partial charge is 0.489 e.